The van der Waals surface area contributed by atoms with Gasteiger partial charge in [-0.25, -0.2) is 9.59 Å². The molecule has 1 atom stereocenters. The van der Waals surface area contributed by atoms with Crippen molar-refractivity contribution < 1.29 is 24.2 Å². The summed E-state index contributed by atoms with van der Waals surface area (Å²) >= 11 is 0. The van der Waals surface area contributed by atoms with E-state index in [0.29, 0.717) is 16.8 Å². The van der Waals surface area contributed by atoms with Crippen molar-refractivity contribution in [1.82, 2.24) is 15.6 Å². The van der Waals surface area contributed by atoms with Crippen LogP contribution >= 0.6 is 0 Å². The Hall–Kier alpha value is -2.35. The molecule has 1 aromatic rings. The Labute approximate surface area is 152 Å². The third-order valence-corrected chi connectivity index (χ3v) is 4.65. The van der Waals surface area contributed by atoms with Crippen LogP contribution in [-0.4, -0.2) is 40.6 Å². The Bertz CT molecular complexity index is 675. The molecule has 1 aliphatic carbocycles. The van der Waals surface area contributed by atoms with E-state index in [1.807, 2.05) is 0 Å². The number of nitrogens with one attached hydrogen (secondary N) is 3. The van der Waals surface area contributed by atoms with Gasteiger partial charge in [-0.05, 0) is 39.2 Å². The number of aromatic amines is 1. The number of aliphatic hydroxyl groups excluding tert-OH is 1. The van der Waals surface area contributed by atoms with E-state index >= 15 is 0 Å². The molecule has 0 bridgehead atoms. The standard InChI is InChI=1S/C18H27N3O5/c1-10-15(12(3)22)11(2)19-16(10)17(24)26-9-14(23)21-18(25)20-13-7-5-4-6-8-13/h12-13,19,22H,4-9H2,1-3H3,(H2,20,21,23,25)/t12-/m0/s1. The lowest BCUT2D eigenvalue weighted by Crippen LogP contribution is -2.46. The van der Waals surface area contributed by atoms with Crippen LogP contribution in [-0.2, 0) is 9.53 Å². The minimum Gasteiger partial charge on any atom is -0.451 e. The Morgan fingerprint density at radius 2 is 1.88 bits per heavy atom. The number of aromatic nitrogens is 1. The molecule has 0 spiro atoms. The van der Waals surface area contributed by atoms with E-state index in [1.165, 1.54) is 6.42 Å². The Balaban J connectivity index is 1.82. The minimum atomic E-state index is -0.723. The summed E-state index contributed by atoms with van der Waals surface area (Å²) in [5.74, 6) is -1.40. The number of aliphatic hydroxyl groups is 1. The maximum absolute atomic E-state index is 12.1. The number of imide groups is 1. The van der Waals surface area contributed by atoms with Crippen molar-refractivity contribution in [1.29, 1.82) is 0 Å². The molecule has 1 saturated carbocycles. The summed E-state index contributed by atoms with van der Waals surface area (Å²) in [6.45, 7) is 4.49. The second-order valence-corrected chi connectivity index (χ2v) is 6.77. The molecular formula is C18H27N3O5. The summed E-state index contributed by atoms with van der Waals surface area (Å²) < 4.78 is 4.97. The minimum absolute atomic E-state index is 0.0857. The van der Waals surface area contributed by atoms with Crippen molar-refractivity contribution in [2.75, 3.05) is 6.61 Å². The normalized spacial score (nSPS) is 16.0. The Morgan fingerprint density at radius 1 is 1.23 bits per heavy atom. The van der Waals surface area contributed by atoms with Crippen LogP contribution in [0.2, 0.25) is 0 Å². The predicted octanol–water partition coefficient (Wildman–Crippen LogP) is 2.00. The van der Waals surface area contributed by atoms with Gasteiger partial charge in [-0.15, -0.1) is 0 Å². The first-order valence-corrected chi connectivity index (χ1v) is 8.94. The lowest BCUT2D eigenvalue weighted by atomic mass is 9.96. The number of carbonyl (C=O) groups is 3. The highest BCUT2D eigenvalue weighted by Gasteiger charge is 2.22. The largest absolute Gasteiger partial charge is 0.451 e. The number of aryl methyl sites for hydroxylation is 1. The van der Waals surface area contributed by atoms with Crippen LogP contribution in [0.5, 0.6) is 0 Å². The van der Waals surface area contributed by atoms with E-state index in [9.17, 15) is 19.5 Å². The number of esters is 1. The summed E-state index contributed by atoms with van der Waals surface area (Å²) in [7, 11) is 0. The van der Waals surface area contributed by atoms with Gasteiger partial charge in [0.15, 0.2) is 6.61 Å². The van der Waals surface area contributed by atoms with Crippen LogP contribution < -0.4 is 10.6 Å². The van der Waals surface area contributed by atoms with Gasteiger partial charge in [0.1, 0.15) is 5.69 Å². The van der Waals surface area contributed by atoms with Crippen LogP contribution in [0.25, 0.3) is 0 Å². The highest BCUT2D eigenvalue weighted by Crippen LogP contribution is 2.24. The zero-order valence-corrected chi connectivity index (χ0v) is 15.5. The average Bonchev–Trinajstić information content (AvgIpc) is 2.88. The molecule has 0 radical (unpaired) electrons. The van der Waals surface area contributed by atoms with Gasteiger partial charge < -0.3 is 20.1 Å². The van der Waals surface area contributed by atoms with E-state index in [1.54, 1.807) is 20.8 Å². The molecule has 1 aromatic heterocycles. The number of H-pyrrole nitrogens is 1. The Kier molecular flexibility index (Phi) is 6.79. The summed E-state index contributed by atoms with van der Waals surface area (Å²) in [6.07, 6.45) is 4.41. The van der Waals surface area contributed by atoms with E-state index in [-0.39, 0.29) is 11.7 Å². The predicted molar refractivity (Wildman–Crippen MR) is 94.7 cm³/mol. The van der Waals surface area contributed by atoms with Gasteiger partial charge in [0.25, 0.3) is 5.91 Å². The SMILES string of the molecule is Cc1[nH]c(C(=O)OCC(=O)NC(=O)NC2CCCCC2)c(C)c1[C@H](C)O. The highest BCUT2D eigenvalue weighted by atomic mass is 16.5. The van der Waals surface area contributed by atoms with Crippen molar-refractivity contribution in [3.05, 3.63) is 22.5 Å². The Morgan fingerprint density at radius 3 is 2.46 bits per heavy atom. The first kappa shape index (κ1) is 20.0. The summed E-state index contributed by atoms with van der Waals surface area (Å²) in [6, 6.07) is -0.483. The van der Waals surface area contributed by atoms with Crippen LogP contribution in [0.3, 0.4) is 0 Å². The van der Waals surface area contributed by atoms with E-state index < -0.39 is 30.6 Å². The molecule has 3 amide bonds. The number of carbonyl (C=O) groups excluding carboxylic acids is 3. The third-order valence-electron chi connectivity index (χ3n) is 4.65. The summed E-state index contributed by atoms with van der Waals surface area (Å²) in [4.78, 5) is 38.6. The molecular weight excluding hydrogens is 338 g/mol. The fourth-order valence-corrected chi connectivity index (χ4v) is 3.43. The zero-order chi connectivity index (χ0) is 19.3. The molecule has 1 fully saturated rings. The van der Waals surface area contributed by atoms with Gasteiger partial charge in [-0.3, -0.25) is 10.1 Å². The summed E-state index contributed by atoms with van der Waals surface area (Å²) in [5, 5.41) is 14.7. The smallest absolute Gasteiger partial charge is 0.355 e. The molecule has 1 heterocycles. The maximum atomic E-state index is 12.1. The second-order valence-electron chi connectivity index (χ2n) is 6.77. The molecule has 26 heavy (non-hydrogen) atoms. The zero-order valence-electron chi connectivity index (χ0n) is 15.5. The van der Waals surface area contributed by atoms with Gasteiger partial charge in [-0.2, -0.15) is 0 Å². The number of hydrogen-bond donors (Lipinski definition) is 4. The molecule has 0 aromatic carbocycles. The fraction of sp³-hybridized carbons (Fsp3) is 0.611. The quantitative estimate of drug-likeness (QED) is 0.595. The highest BCUT2D eigenvalue weighted by molar-refractivity contribution is 5.97. The van der Waals surface area contributed by atoms with Crippen molar-refractivity contribution in [2.24, 2.45) is 0 Å². The average molecular weight is 365 g/mol. The number of ether oxygens (including phenoxy) is 1. The lowest BCUT2D eigenvalue weighted by Gasteiger charge is -2.22. The van der Waals surface area contributed by atoms with Gasteiger partial charge in [0.2, 0.25) is 0 Å². The second kappa shape index (κ2) is 8.84. The maximum Gasteiger partial charge on any atom is 0.355 e. The van der Waals surface area contributed by atoms with E-state index in [2.05, 4.69) is 15.6 Å². The van der Waals surface area contributed by atoms with Crippen molar-refractivity contribution in [3.8, 4) is 0 Å². The van der Waals surface area contributed by atoms with Crippen LogP contribution in [0, 0.1) is 13.8 Å². The molecule has 4 N–H and O–H groups in total. The van der Waals surface area contributed by atoms with Crippen LogP contribution in [0.4, 0.5) is 4.79 Å². The van der Waals surface area contributed by atoms with Gasteiger partial charge >= 0.3 is 12.0 Å². The molecule has 0 unspecified atom stereocenters. The molecule has 144 valence electrons. The monoisotopic (exact) mass is 365 g/mol. The number of amides is 3. The van der Waals surface area contributed by atoms with E-state index in [4.69, 9.17) is 4.74 Å². The first-order chi connectivity index (χ1) is 12.3. The van der Waals surface area contributed by atoms with Gasteiger partial charge in [-0.1, -0.05) is 19.3 Å². The topological polar surface area (TPSA) is 121 Å². The van der Waals surface area contributed by atoms with Crippen molar-refractivity contribution in [2.45, 2.75) is 65.0 Å². The third kappa shape index (κ3) is 5.08. The molecule has 8 nitrogen and oxygen atoms in total. The molecule has 8 heteroatoms. The lowest BCUT2D eigenvalue weighted by molar-refractivity contribution is -0.123. The van der Waals surface area contributed by atoms with Crippen molar-refractivity contribution in [3.63, 3.8) is 0 Å². The van der Waals surface area contributed by atoms with Crippen LogP contribution in [0.15, 0.2) is 0 Å². The molecule has 2 rings (SSSR count). The molecule has 0 saturated heterocycles. The van der Waals surface area contributed by atoms with E-state index in [0.717, 1.165) is 25.7 Å². The number of hydrogen-bond acceptors (Lipinski definition) is 5. The van der Waals surface area contributed by atoms with Gasteiger partial charge in [0, 0.05) is 17.3 Å². The van der Waals surface area contributed by atoms with Crippen molar-refractivity contribution >= 4 is 17.9 Å². The number of urea groups is 1. The summed E-state index contributed by atoms with van der Waals surface area (Å²) in [5.41, 5.74) is 2.07. The molecule has 1 aliphatic rings. The van der Waals surface area contributed by atoms with Gasteiger partial charge in [0.05, 0.1) is 6.10 Å². The first-order valence-electron chi connectivity index (χ1n) is 8.94. The molecule has 0 aliphatic heterocycles. The van der Waals surface area contributed by atoms with Crippen LogP contribution in [0.1, 0.15) is 72.4 Å². The number of rotatable bonds is 5. The fourth-order valence-electron chi connectivity index (χ4n) is 3.43.